The van der Waals surface area contributed by atoms with Crippen LogP contribution < -0.4 is 9.47 Å². The van der Waals surface area contributed by atoms with E-state index in [1.54, 1.807) is 25.6 Å². The molecule has 1 heterocycles. The fourth-order valence-electron chi connectivity index (χ4n) is 2.84. The second kappa shape index (κ2) is 6.57. The quantitative estimate of drug-likeness (QED) is 0.479. The van der Waals surface area contributed by atoms with Crippen LogP contribution in [0.2, 0.25) is 0 Å². The molecule has 0 unspecified atom stereocenters. The van der Waals surface area contributed by atoms with Crippen molar-refractivity contribution in [3.05, 3.63) is 65.2 Å². The van der Waals surface area contributed by atoms with Gasteiger partial charge in [-0.15, -0.1) is 11.3 Å². The Balaban J connectivity index is 1.73. The van der Waals surface area contributed by atoms with E-state index in [1.165, 1.54) is 15.5 Å². The minimum absolute atomic E-state index is 0.772. The smallest absolute Gasteiger partial charge is 0.123 e. The molecule has 0 radical (unpaired) electrons. The number of rotatable bonds is 4. The molecule has 0 N–H and O–H groups in total. The lowest BCUT2D eigenvalue weighted by Crippen LogP contribution is -1.88. The van der Waals surface area contributed by atoms with E-state index in [0.29, 0.717) is 0 Å². The Morgan fingerprint density at radius 2 is 1.64 bits per heavy atom. The van der Waals surface area contributed by atoms with Crippen molar-refractivity contribution in [2.45, 2.75) is 0 Å². The molecule has 0 amide bonds. The van der Waals surface area contributed by atoms with E-state index in [9.17, 15) is 0 Å². The van der Waals surface area contributed by atoms with Crippen molar-refractivity contribution in [2.24, 2.45) is 0 Å². The summed E-state index contributed by atoms with van der Waals surface area (Å²) in [4.78, 5) is 4.81. The van der Waals surface area contributed by atoms with Crippen LogP contribution >= 0.6 is 11.3 Å². The maximum atomic E-state index is 5.32. The number of ether oxygens (including phenoxy) is 2. The van der Waals surface area contributed by atoms with Gasteiger partial charge in [0, 0.05) is 11.5 Å². The average molecular weight is 347 g/mol. The molecule has 4 rings (SSSR count). The number of benzene rings is 3. The number of methoxy groups -OCH3 is 2. The Labute approximate surface area is 150 Å². The van der Waals surface area contributed by atoms with Crippen molar-refractivity contribution < 1.29 is 9.47 Å². The second-order valence-corrected chi connectivity index (χ2v) is 6.73. The lowest BCUT2D eigenvalue weighted by Gasteiger charge is -2.05. The van der Waals surface area contributed by atoms with Crippen LogP contribution in [0.15, 0.2) is 54.6 Å². The Hall–Kier alpha value is -2.85. The highest BCUT2D eigenvalue weighted by Gasteiger charge is 2.06. The highest BCUT2D eigenvalue weighted by atomic mass is 32.1. The zero-order chi connectivity index (χ0) is 17.2. The molecule has 0 atom stereocenters. The number of thiazole rings is 1. The van der Waals surface area contributed by atoms with Crippen LogP contribution in [-0.2, 0) is 0 Å². The van der Waals surface area contributed by atoms with Gasteiger partial charge in [0.05, 0.1) is 24.4 Å². The van der Waals surface area contributed by atoms with Gasteiger partial charge in [-0.3, -0.25) is 0 Å². The highest BCUT2D eigenvalue weighted by molar-refractivity contribution is 7.19. The molecule has 0 aliphatic heterocycles. The fraction of sp³-hybridized carbons (Fsp3) is 0.0952. The number of nitrogens with zero attached hydrogens (tertiary/aromatic N) is 1. The summed E-state index contributed by atoms with van der Waals surface area (Å²) in [5, 5.41) is 3.39. The summed E-state index contributed by atoms with van der Waals surface area (Å²) in [5.41, 5.74) is 2.08. The van der Waals surface area contributed by atoms with Crippen LogP contribution in [0.3, 0.4) is 0 Å². The Morgan fingerprint density at radius 3 is 2.40 bits per heavy atom. The Kier molecular flexibility index (Phi) is 4.12. The first-order chi connectivity index (χ1) is 12.3. The van der Waals surface area contributed by atoms with Crippen molar-refractivity contribution in [3.63, 3.8) is 0 Å². The molecule has 0 aliphatic carbocycles. The van der Waals surface area contributed by atoms with Gasteiger partial charge >= 0.3 is 0 Å². The number of hydrogen-bond donors (Lipinski definition) is 0. The van der Waals surface area contributed by atoms with Gasteiger partial charge in [0.1, 0.15) is 16.5 Å². The second-order valence-electron chi connectivity index (χ2n) is 5.66. The Bertz CT molecular complexity index is 1060. The maximum Gasteiger partial charge on any atom is 0.123 e. The summed E-state index contributed by atoms with van der Waals surface area (Å²) in [6, 6.07) is 18.4. The summed E-state index contributed by atoms with van der Waals surface area (Å²) in [6.45, 7) is 0. The van der Waals surface area contributed by atoms with E-state index in [0.717, 1.165) is 27.6 Å². The van der Waals surface area contributed by atoms with Gasteiger partial charge in [0.15, 0.2) is 0 Å². The fourth-order valence-corrected chi connectivity index (χ4v) is 3.73. The topological polar surface area (TPSA) is 31.4 Å². The third-order valence-corrected chi connectivity index (χ3v) is 5.08. The lowest BCUT2D eigenvalue weighted by atomic mass is 10.1. The summed E-state index contributed by atoms with van der Waals surface area (Å²) in [6.07, 6.45) is 4.07. The average Bonchev–Trinajstić information content (AvgIpc) is 3.09. The van der Waals surface area contributed by atoms with Gasteiger partial charge in [-0.05, 0) is 35.2 Å². The van der Waals surface area contributed by atoms with E-state index in [2.05, 4.69) is 36.4 Å². The van der Waals surface area contributed by atoms with E-state index < -0.39 is 0 Å². The normalized spacial score (nSPS) is 11.4. The first kappa shape index (κ1) is 15.7. The molecule has 124 valence electrons. The predicted molar refractivity (Wildman–Crippen MR) is 106 cm³/mol. The van der Waals surface area contributed by atoms with Crippen LogP contribution in [0.1, 0.15) is 10.6 Å². The molecule has 0 saturated heterocycles. The molecule has 4 heteroatoms. The SMILES string of the molecule is COc1cc(/C=C/c2nc3c(ccc4ccccc43)s2)cc(OC)c1. The number of aromatic nitrogens is 1. The van der Waals surface area contributed by atoms with Crippen LogP contribution in [0.25, 0.3) is 33.1 Å². The van der Waals surface area contributed by atoms with E-state index in [4.69, 9.17) is 14.5 Å². The van der Waals surface area contributed by atoms with E-state index >= 15 is 0 Å². The van der Waals surface area contributed by atoms with E-state index in [1.807, 2.05) is 30.4 Å². The molecular formula is C21H17NO2S. The molecule has 3 nitrogen and oxygen atoms in total. The first-order valence-electron chi connectivity index (χ1n) is 7.96. The Morgan fingerprint density at radius 1 is 0.880 bits per heavy atom. The molecule has 4 aromatic rings. The summed E-state index contributed by atoms with van der Waals surface area (Å²) in [5.74, 6) is 1.54. The molecule has 0 spiro atoms. The van der Waals surface area contributed by atoms with Crippen LogP contribution in [-0.4, -0.2) is 19.2 Å². The predicted octanol–water partition coefficient (Wildman–Crippen LogP) is 5.64. The molecule has 0 saturated carbocycles. The minimum atomic E-state index is 0.772. The monoisotopic (exact) mass is 347 g/mol. The van der Waals surface area contributed by atoms with Gasteiger partial charge in [0.2, 0.25) is 0 Å². The standard InChI is InChI=1S/C21H17NO2S/c1-23-16-11-14(12-17(13-16)24-2)7-10-20-22-21-18-6-4-3-5-15(18)8-9-19(21)25-20/h3-13H,1-2H3/b10-7+. The van der Waals surface area contributed by atoms with Crippen molar-refractivity contribution in [1.29, 1.82) is 0 Å². The largest absolute Gasteiger partial charge is 0.497 e. The summed E-state index contributed by atoms with van der Waals surface area (Å²) >= 11 is 1.69. The zero-order valence-electron chi connectivity index (χ0n) is 14.0. The third kappa shape index (κ3) is 3.08. The lowest BCUT2D eigenvalue weighted by molar-refractivity contribution is 0.394. The zero-order valence-corrected chi connectivity index (χ0v) is 14.8. The van der Waals surface area contributed by atoms with Crippen molar-refractivity contribution in [2.75, 3.05) is 14.2 Å². The number of fused-ring (bicyclic) bond motifs is 3. The molecule has 1 aromatic heterocycles. The van der Waals surface area contributed by atoms with Crippen molar-refractivity contribution in [1.82, 2.24) is 4.98 Å². The molecule has 3 aromatic carbocycles. The first-order valence-corrected chi connectivity index (χ1v) is 8.78. The summed E-state index contributed by atoms with van der Waals surface area (Å²) < 4.78 is 11.8. The molecule has 0 bridgehead atoms. The van der Waals surface area contributed by atoms with Gasteiger partial charge in [-0.1, -0.05) is 36.4 Å². The molecule has 0 aliphatic rings. The molecule has 0 fully saturated rings. The van der Waals surface area contributed by atoms with E-state index in [-0.39, 0.29) is 0 Å². The van der Waals surface area contributed by atoms with Crippen LogP contribution in [0, 0.1) is 0 Å². The van der Waals surface area contributed by atoms with Crippen molar-refractivity contribution in [3.8, 4) is 11.5 Å². The van der Waals surface area contributed by atoms with Gasteiger partial charge < -0.3 is 9.47 Å². The summed E-state index contributed by atoms with van der Waals surface area (Å²) in [7, 11) is 3.31. The van der Waals surface area contributed by atoms with Crippen LogP contribution in [0.5, 0.6) is 11.5 Å². The minimum Gasteiger partial charge on any atom is -0.497 e. The third-order valence-electron chi connectivity index (χ3n) is 4.09. The molecule has 25 heavy (non-hydrogen) atoms. The highest BCUT2D eigenvalue weighted by Crippen LogP contribution is 2.30. The van der Waals surface area contributed by atoms with Gasteiger partial charge in [-0.25, -0.2) is 4.98 Å². The maximum absolute atomic E-state index is 5.32. The van der Waals surface area contributed by atoms with Gasteiger partial charge in [0.25, 0.3) is 0 Å². The van der Waals surface area contributed by atoms with Crippen molar-refractivity contribution >= 4 is 44.5 Å². The number of hydrogen-bond acceptors (Lipinski definition) is 4. The van der Waals surface area contributed by atoms with Crippen LogP contribution in [0.4, 0.5) is 0 Å². The molecular weight excluding hydrogens is 330 g/mol. The van der Waals surface area contributed by atoms with Gasteiger partial charge in [-0.2, -0.15) is 0 Å².